The summed E-state index contributed by atoms with van der Waals surface area (Å²) in [4.78, 5) is 23.8. The van der Waals surface area contributed by atoms with Crippen molar-refractivity contribution in [3.8, 4) is 0 Å². The predicted molar refractivity (Wildman–Crippen MR) is 100.0 cm³/mol. The maximum atomic E-state index is 13.0. The summed E-state index contributed by atoms with van der Waals surface area (Å²) in [6.45, 7) is 6.06. The minimum Gasteiger partial charge on any atom is -0.283 e. The zero-order chi connectivity index (χ0) is 17.1. The van der Waals surface area contributed by atoms with Crippen LogP contribution in [0.2, 0.25) is 0 Å². The number of benzene rings is 1. The van der Waals surface area contributed by atoms with Gasteiger partial charge in [-0.15, -0.1) is 0 Å². The van der Waals surface area contributed by atoms with Gasteiger partial charge in [-0.3, -0.25) is 14.7 Å². The number of hydrogen-bond donors (Lipinski definition) is 0. The minimum absolute atomic E-state index is 0.0225. The van der Waals surface area contributed by atoms with Crippen LogP contribution in [0.3, 0.4) is 0 Å². The Labute approximate surface area is 147 Å². The molecular weight excluding hydrogens is 318 g/mol. The molecular formula is C19H21N3OS. The highest BCUT2D eigenvalue weighted by atomic mass is 32.2. The molecule has 2 aromatic rings. The third kappa shape index (κ3) is 3.51. The Morgan fingerprint density at radius 3 is 2.83 bits per heavy atom. The van der Waals surface area contributed by atoms with E-state index in [9.17, 15) is 4.79 Å². The number of hydrogen-bond acceptors (Lipinski definition) is 4. The molecule has 3 rings (SSSR count). The topological polar surface area (TPSA) is 45.6 Å². The molecule has 5 heteroatoms. The Hall–Kier alpha value is -2.14. The van der Waals surface area contributed by atoms with Gasteiger partial charge in [-0.2, -0.15) is 0 Å². The summed E-state index contributed by atoms with van der Waals surface area (Å²) in [6, 6.07) is 11.9. The molecule has 0 bridgehead atoms. The Balaban J connectivity index is 1.94. The third-order valence-electron chi connectivity index (χ3n) is 4.05. The average Bonchev–Trinajstić information content (AvgIpc) is 2.97. The maximum Gasteiger partial charge on any atom is 0.261 e. The molecule has 1 amide bonds. The van der Waals surface area contributed by atoms with Gasteiger partial charge < -0.3 is 0 Å². The van der Waals surface area contributed by atoms with Crippen molar-refractivity contribution >= 4 is 28.5 Å². The molecule has 1 atom stereocenters. The number of amides is 1. The van der Waals surface area contributed by atoms with E-state index in [1.807, 2.05) is 55.1 Å². The first-order chi connectivity index (χ1) is 11.6. The number of carbonyl (C=O) groups is 1. The number of amidine groups is 1. The van der Waals surface area contributed by atoms with Gasteiger partial charge in [-0.25, -0.2) is 4.99 Å². The lowest BCUT2D eigenvalue weighted by atomic mass is 10.2. The van der Waals surface area contributed by atoms with E-state index in [2.05, 4.69) is 11.9 Å². The molecule has 0 spiro atoms. The van der Waals surface area contributed by atoms with Crippen LogP contribution in [0, 0.1) is 13.8 Å². The van der Waals surface area contributed by atoms with Gasteiger partial charge >= 0.3 is 0 Å². The number of thioether (sulfide) groups is 1. The fraction of sp³-hybridized carbons (Fsp3) is 0.316. The summed E-state index contributed by atoms with van der Waals surface area (Å²) in [5.41, 5.74) is 3.56. The SMILES string of the molecule is CCC1CSC(=Nc2cccc(C)c2)N1C(=O)c1ccc(C)nc1. The molecule has 1 fully saturated rings. The van der Waals surface area contributed by atoms with E-state index in [1.54, 1.807) is 18.0 Å². The summed E-state index contributed by atoms with van der Waals surface area (Å²) in [6.07, 6.45) is 2.56. The molecule has 24 heavy (non-hydrogen) atoms. The zero-order valence-electron chi connectivity index (χ0n) is 14.2. The van der Waals surface area contributed by atoms with Crippen LogP contribution >= 0.6 is 11.8 Å². The van der Waals surface area contributed by atoms with Crippen molar-refractivity contribution < 1.29 is 4.79 Å². The molecule has 124 valence electrons. The predicted octanol–water partition coefficient (Wildman–Crippen LogP) is 4.35. The number of pyridine rings is 1. The Morgan fingerprint density at radius 1 is 1.33 bits per heavy atom. The number of aryl methyl sites for hydroxylation is 2. The number of aromatic nitrogens is 1. The fourth-order valence-corrected chi connectivity index (χ4v) is 3.92. The fourth-order valence-electron chi connectivity index (χ4n) is 2.65. The van der Waals surface area contributed by atoms with Crippen LogP contribution < -0.4 is 0 Å². The molecule has 0 aliphatic carbocycles. The minimum atomic E-state index is -0.0225. The lowest BCUT2D eigenvalue weighted by Gasteiger charge is -2.23. The Kier molecular flexibility index (Phi) is 5.00. The molecule has 2 heterocycles. The normalized spacial score (nSPS) is 19.0. The first kappa shape index (κ1) is 16.7. The van der Waals surface area contributed by atoms with E-state index in [-0.39, 0.29) is 11.9 Å². The number of carbonyl (C=O) groups excluding carboxylic acids is 1. The molecule has 1 aliphatic rings. The van der Waals surface area contributed by atoms with Gasteiger partial charge in [0.2, 0.25) is 0 Å². The van der Waals surface area contributed by atoms with E-state index < -0.39 is 0 Å². The monoisotopic (exact) mass is 339 g/mol. The van der Waals surface area contributed by atoms with E-state index in [1.165, 1.54) is 0 Å². The molecule has 1 aliphatic heterocycles. The third-order valence-corrected chi connectivity index (χ3v) is 5.15. The Morgan fingerprint density at radius 2 is 2.17 bits per heavy atom. The summed E-state index contributed by atoms with van der Waals surface area (Å²) in [5, 5.41) is 0.776. The molecule has 0 radical (unpaired) electrons. The van der Waals surface area contributed by atoms with Crippen LogP contribution in [0.15, 0.2) is 47.6 Å². The van der Waals surface area contributed by atoms with E-state index in [0.29, 0.717) is 5.56 Å². The summed E-state index contributed by atoms with van der Waals surface area (Å²) in [5.74, 6) is 0.859. The molecule has 1 saturated heterocycles. The van der Waals surface area contributed by atoms with Crippen molar-refractivity contribution in [2.45, 2.75) is 33.2 Å². The number of rotatable bonds is 3. The maximum absolute atomic E-state index is 13.0. The number of nitrogens with zero attached hydrogens (tertiary/aromatic N) is 3. The van der Waals surface area contributed by atoms with Gasteiger partial charge in [0, 0.05) is 23.7 Å². The van der Waals surface area contributed by atoms with Gasteiger partial charge in [0.05, 0.1) is 11.3 Å². The van der Waals surface area contributed by atoms with Crippen LogP contribution in [0.5, 0.6) is 0 Å². The van der Waals surface area contributed by atoms with Gasteiger partial charge in [0.25, 0.3) is 5.91 Å². The number of aliphatic imine (C=N–C) groups is 1. The molecule has 1 aromatic carbocycles. The first-order valence-corrected chi connectivity index (χ1v) is 9.11. The van der Waals surface area contributed by atoms with Gasteiger partial charge in [0.15, 0.2) is 5.17 Å². The lowest BCUT2D eigenvalue weighted by Crippen LogP contribution is -2.39. The van der Waals surface area contributed by atoms with Crippen LogP contribution in [-0.4, -0.2) is 32.8 Å². The lowest BCUT2D eigenvalue weighted by molar-refractivity contribution is 0.0819. The van der Waals surface area contributed by atoms with E-state index in [0.717, 1.165) is 34.3 Å². The van der Waals surface area contributed by atoms with Gasteiger partial charge in [-0.1, -0.05) is 30.8 Å². The van der Waals surface area contributed by atoms with Gasteiger partial charge in [-0.05, 0) is 50.1 Å². The van der Waals surface area contributed by atoms with Crippen molar-refractivity contribution in [3.05, 3.63) is 59.4 Å². The quantitative estimate of drug-likeness (QED) is 0.835. The smallest absolute Gasteiger partial charge is 0.261 e. The second kappa shape index (κ2) is 7.18. The van der Waals surface area contributed by atoms with Crippen molar-refractivity contribution in [3.63, 3.8) is 0 Å². The largest absolute Gasteiger partial charge is 0.283 e. The van der Waals surface area contributed by atoms with Crippen LogP contribution in [0.4, 0.5) is 5.69 Å². The van der Waals surface area contributed by atoms with Crippen molar-refractivity contribution in [1.29, 1.82) is 0 Å². The zero-order valence-corrected chi connectivity index (χ0v) is 15.0. The highest BCUT2D eigenvalue weighted by Crippen LogP contribution is 2.30. The first-order valence-electron chi connectivity index (χ1n) is 8.13. The molecule has 1 unspecified atom stereocenters. The molecule has 4 nitrogen and oxygen atoms in total. The van der Waals surface area contributed by atoms with Crippen molar-refractivity contribution in [2.75, 3.05) is 5.75 Å². The van der Waals surface area contributed by atoms with Gasteiger partial charge in [0.1, 0.15) is 0 Å². The second-order valence-corrected chi connectivity index (χ2v) is 6.96. The molecule has 0 N–H and O–H groups in total. The van der Waals surface area contributed by atoms with Crippen LogP contribution in [0.1, 0.15) is 35.0 Å². The summed E-state index contributed by atoms with van der Waals surface area (Å²) < 4.78 is 0. The van der Waals surface area contributed by atoms with Crippen molar-refractivity contribution in [1.82, 2.24) is 9.88 Å². The standard InChI is InChI=1S/C19H21N3OS/c1-4-17-12-24-19(21-16-7-5-6-13(2)10-16)22(17)18(23)15-9-8-14(3)20-11-15/h5-11,17H,4,12H2,1-3H3. The Bertz CT molecular complexity index is 770. The van der Waals surface area contributed by atoms with E-state index >= 15 is 0 Å². The summed E-state index contributed by atoms with van der Waals surface area (Å²) in [7, 11) is 0. The highest BCUT2D eigenvalue weighted by Gasteiger charge is 2.34. The van der Waals surface area contributed by atoms with Crippen molar-refractivity contribution in [2.24, 2.45) is 4.99 Å². The van der Waals surface area contributed by atoms with E-state index in [4.69, 9.17) is 4.99 Å². The van der Waals surface area contributed by atoms with Crippen LogP contribution in [-0.2, 0) is 0 Å². The molecule has 0 saturated carbocycles. The van der Waals surface area contributed by atoms with Crippen LogP contribution in [0.25, 0.3) is 0 Å². The second-order valence-electron chi connectivity index (χ2n) is 5.97. The summed E-state index contributed by atoms with van der Waals surface area (Å²) >= 11 is 1.64. The average molecular weight is 339 g/mol. The highest BCUT2D eigenvalue weighted by molar-refractivity contribution is 8.14. The molecule has 1 aromatic heterocycles.